The van der Waals surface area contributed by atoms with Crippen LogP contribution in [0.5, 0.6) is 0 Å². The van der Waals surface area contributed by atoms with Gasteiger partial charge in [-0.15, -0.1) is 0 Å². The monoisotopic (exact) mass is 460 g/mol. The molecule has 0 bridgehead atoms. The fourth-order valence-corrected chi connectivity index (χ4v) is 4.71. The molecule has 2 aromatic carbocycles. The number of benzene rings is 3. The van der Waals surface area contributed by atoms with Crippen molar-refractivity contribution in [2.75, 3.05) is 11.5 Å². The Balaban J connectivity index is 1.77. The third-order valence-corrected chi connectivity index (χ3v) is 6.82. The second-order valence-electron chi connectivity index (χ2n) is 7.69. The van der Waals surface area contributed by atoms with E-state index in [2.05, 4.69) is 17.1 Å². The van der Waals surface area contributed by atoms with Gasteiger partial charge >= 0.3 is 0 Å². The number of fused-ring (bicyclic) bond motifs is 2. The Morgan fingerprint density at radius 1 is 1.12 bits per heavy atom. The van der Waals surface area contributed by atoms with Crippen LogP contribution >= 0.6 is 24.0 Å². The van der Waals surface area contributed by atoms with Gasteiger partial charge in [0, 0.05) is 52.4 Å². The summed E-state index contributed by atoms with van der Waals surface area (Å²) in [5.41, 5.74) is 10.6. The molecule has 1 aliphatic heterocycles. The first-order valence-electron chi connectivity index (χ1n) is 10.5. The standard InChI is InChI=1S/C26H24N2O2S2/c1-3-22(29)16(2)15-32-26(31)28-19-10-12-21-24(14-19)30-23-13-18(27)9-11-20(23)25(21)17-7-5-4-6-8-17/h4-14,16H,3,15,27H2,1-2H3/b28-19-. The Bertz CT molecular complexity index is 1330. The highest BCUT2D eigenvalue weighted by Crippen LogP contribution is 2.40. The van der Waals surface area contributed by atoms with Crippen LogP contribution in [0, 0.1) is 5.92 Å². The summed E-state index contributed by atoms with van der Waals surface area (Å²) in [6.45, 7) is 3.81. The van der Waals surface area contributed by atoms with Gasteiger partial charge in [0.2, 0.25) is 0 Å². The van der Waals surface area contributed by atoms with Gasteiger partial charge in [-0.25, -0.2) is 4.99 Å². The lowest BCUT2D eigenvalue weighted by Crippen LogP contribution is -2.13. The number of carbonyl (C=O) groups excluding carboxylic acids is 1. The SMILES string of the molecule is CCC(=O)C(C)CSC(=S)/N=c1/ccc2c(-c3ccccc3)c3ccc(N)cc3oc-2c1. The van der Waals surface area contributed by atoms with Gasteiger partial charge in [-0.1, -0.05) is 68.2 Å². The molecule has 4 nitrogen and oxygen atoms in total. The fraction of sp³-hybridized carbons (Fsp3) is 0.192. The molecule has 0 saturated heterocycles. The molecular formula is C26H24N2O2S2. The van der Waals surface area contributed by atoms with Gasteiger partial charge in [0.15, 0.2) is 4.32 Å². The van der Waals surface area contributed by atoms with Crippen LogP contribution in [-0.2, 0) is 4.79 Å². The van der Waals surface area contributed by atoms with Gasteiger partial charge in [0.05, 0.1) is 5.36 Å². The van der Waals surface area contributed by atoms with Crippen molar-refractivity contribution in [2.24, 2.45) is 10.9 Å². The van der Waals surface area contributed by atoms with Crippen LogP contribution in [-0.4, -0.2) is 15.9 Å². The summed E-state index contributed by atoms with van der Waals surface area (Å²) in [7, 11) is 0. The Kier molecular flexibility index (Phi) is 6.72. The van der Waals surface area contributed by atoms with Crippen LogP contribution in [0.4, 0.5) is 5.69 Å². The number of thiocarbonyl (C=S) groups is 1. The predicted octanol–water partition coefficient (Wildman–Crippen LogP) is 6.32. The zero-order chi connectivity index (χ0) is 22.7. The normalized spacial score (nSPS) is 12.9. The Morgan fingerprint density at radius 2 is 1.91 bits per heavy atom. The molecule has 1 atom stereocenters. The van der Waals surface area contributed by atoms with Crippen LogP contribution in [0.2, 0.25) is 0 Å². The van der Waals surface area contributed by atoms with Crippen LogP contribution < -0.4 is 11.1 Å². The summed E-state index contributed by atoms with van der Waals surface area (Å²) in [4.78, 5) is 16.4. The lowest BCUT2D eigenvalue weighted by molar-refractivity contribution is -0.121. The molecule has 0 amide bonds. The Hall–Kier alpha value is -2.96. The first kappa shape index (κ1) is 22.2. The highest BCUT2D eigenvalue weighted by Gasteiger charge is 2.17. The maximum absolute atomic E-state index is 11.8. The number of nitrogens with zero attached hydrogens (tertiary/aromatic N) is 1. The van der Waals surface area contributed by atoms with Crippen molar-refractivity contribution >= 4 is 50.7 Å². The van der Waals surface area contributed by atoms with Gasteiger partial charge in [-0.05, 0) is 29.8 Å². The molecule has 2 aromatic rings. The van der Waals surface area contributed by atoms with Gasteiger partial charge in [-0.3, -0.25) is 4.79 Å². The van der Waals surface area contributed by atoms with E-state index in [1.165, 1.54) is 11.8 Å². The van der Waals surface area contributed by atoms with E-state index in [1.807, 2.05) is 68.4 Å². The van der Waals surface area contributed by atoms with E-state index in [4.69, 9.17) is 22.4 Å². The molecule has 32 heavy (non-hydrogen) atoms. The number of nitrogen functional groups attached to an aromatic ring is 1. The first-order chi connectivity index (χ1) is 15.5. The van der Waals surface area contributed by atoms with Crippen molar-refractivity contribution in [1.82, 2.24) is 0 Å². The molecule has 162 valence electrons. The maximum atomic E-state index is 11.8. The number of thioether (sulfide) groups is 1. The van der Waals surface area contributed by atoms with Crippen molar-refractivity contribution in [2.45, 2.75) is 20.3 Å². The zero-order valence-corrected chi connectivity index (χ0v) is 19.6. The molecule has 0 radical (unpaired) electrons. The first-order valence-corrected chi connectivity index (χ1v) is 11.9. The highest BCUT2D eigenvalue weighted by molar-refractivity contribution is 8.23. The minimum Gasteiger partial charge on any atom is -0.456 e. The molecule has 2 aliphatic rings. The molecule has 1 heterocycles. The third kappa shape index (κ3) is 4.76. The summed E-state index contributed by atoms with van der Waals surface area (Å²) in [6.07, 6.45) is 0.542. The number of ketones is 1. The minimum absolute atomic E-state index is 0.0324. The number of hydrogen-bond donors (Lipinski definition) is 1. The average molecular weight is 461 g/mol. The molecule has 0 saturated carbocycles. The lowest BCUT2D eigenvalue weighted by Gasteiger charge is -2.15. The molecule has 6 heteroatoms. The lowest BCUT2D eigenvalue weighted by atomic mass is 9.94. The zero-order valence-electron chi connectivity index (χ0n) is 18.0. The fourth-order valence-electron chi connectivity index (χ4n) is 3.66. The molecule has 0 aromatic heterocycles. The van der Waals surface area contributed by atoms with Gasteiger partial charge in [0.25, 0.3) is 0 Å². The molecule has 0 fully saturated rings. The molecule has 1 unspecified atom stereocenters. The van der Waals surface area contributed by atoms with Gasteiger partial charge < -0.3 is 10.2 Å². The van der Waals surface area contributed by atoms with Crippen molar-refractivity contribution in [1.29, 1.82) is 0 Å². The maximum Gasteiger partial charge on any atom is 0.160 e. The van der Waals surface area contributed by atoms with E-state index < -0.39 is 0 Å². The molecule has 0 spiro atoms. The quantitative estimate of drug-likeness (QED) is 0.214. The number of hydrogen-bond acceptors (Lipinski definition) is 5. The largest absolute Gasteiger partial charge is 0.456 e. The highest BCUT2D eigenvalue weighted by atomic mass is 32.2. The van der Waals surface area contributed by atoms with Crippen molar-refractivity contribution in [3.8, 4) is 22.5 Å². The van der Waals surface area contributed by atoms with Gasteiger partial charge in [-0.2, -0.15) is 0 Å². The van der Waals surface area contributed by atoms with Crippen molar-refractivity contribution < 1.29 is 9.21 Å². The van der Waals surface area contributed by atoms with E-state index in [9.17, 15) is 4.79 Å². The smallest absolute Gasteiger partial charge is 0.160 e. The topological polar surface area (TPSA) is 68.6 Å². The summed E-state index contributed by atoms with van der Waals surface area (Å²) in [6, 6.07) is 21.8. The van der Waals surface area contributed by atoms with Crippen molar-refractivity contribution in [3.63, 3.8) is 0 Å². The summed E-state index contributed by atoms with van der Waals surface area (Å²) < 4.78 is 6.73. The van der Waals surface area contributed by atoms with Crippen LogP contribution in [0.3, 0.4) is 0 Å². The summed E-state index contributed by atoms with van der Waals surface area (Å²) in [5, 5.41) is 1.72. The van der Waals surface area contributed by atoms with Crippen LogP contribution in [0.15, 0.2) is 76.1 Å². The predicted molar refractivity (Wildman–Crippen MR) is 138 cm³/mol. The van der Waals surface area contributed by atoms with Crippen LogP contribution in [0.25, 0.3) is 33.4 Å². The van der Waals surface area contributed by atoms with Crippen LogP contribution in [0.1, 0.15) is 20.3 Å². The molecule has 2 N–H and O–H groups in total. The summed E-state index contributed by atoms with van der Waals surface area (Å²) in [5.74, 6) is 1.56. The van der Waals surface area contributed by atoms with E-state index >= 15 is 0 Å². The van der Waals surface area contributed by atoms with E-state index in [-0.39, 0.29) is 11.7 Å². The second kappa shape index (κ2) is 9.67. The number of Topliss-reactive ketones (excluding diaryl/α,β-unsaturated/α-hetero) is 1. The number of carbonyl (C=O) groups is 1. The third-order valence-electron chi connectivity index (χ3n) is 5.37. The number of anilines is 1. The number of nitrogens with two attached hydrogens (primary N) is 1. The van der Waals surface area contributed by atoms with E-state index in [0.717, 1.165) is 33.0 Å². The molecule has 1 aliphatic carbocycles. The molecular weight excluding hydrogens is 436 g/mol. The Labute approximate surface area is 196 Å². The second-order valence-corrected chi connectivity index (χ2v) is 9.34. The average Bonchev–Trinajstić information content (AvgIpc) is 2.80. The minimum atomic E-state index is -0.0324. The van der Waals surface area contributed by atoms with E-state index in [0.29, 0.717) is 27.9 Å². The summed E-state index contributed by atoms with van der Waals surface area (Å²) >= 11 is 6.86. The van der Waals surface area contributed by atoms with Crippen molar-refractivity contribution in [3.05, 3.63) is 72.1 Å². The van der Waals surface area contributed by atoms with E-state index in [1.54, 1.807) is 0 Å². The number of rotatable bonds is 5. The molecule has 4 rings (SSSR count). The Morgan fingerprint density at radius 3 is 2.66 bits per heavy atom. The van der Waals surface area contributed by atoms with Gasteiger partial charge in [0.1, 0.15) is 17.1 Å².